The van der Waals surface area contributed by atoms with E-state index in [1.165, 1.54) is 28.8 Å². The van der Waals surface area contributed by atoms with Crippen molar-refractivity contribution >= 4 is 49.6 Å². The number of carbonyl (C=O) groups is 1. The van der Waals surface area contributed by atoms with Gasteiger partial charge in [-0.05, 0) is 18.6 Å². The number of nitrogens with one attached hydrogen (secondary N) is 1. The van der Waals surface area contributed by atoms with E-state index in [0.717, 1.165) is 6.54 Å². The van der Waals surface area contributed by atoms with Gasteiger partial charge in [-0.15, -0.1) is 0 Å². The molecule has 0 spiro atoms. The Bertz CT molecular complexity index is 1130. The summed E-state index contributed by atoms with van der Waals surface area (Å²) in [6, 6.07) is 7.66. The molecule has 0 fully saturated rings. The van der Waals surface area contributed by atoms with Gasteiger partial charge in [-0.3, -0.25) is 4.40 Å². The second-order valence-electron chi connectivity index (χ2n) is 6.90. The van der Waals surface area contributed by atoms with Crippen molar-refractivity contribution in [2.75, 3.05) is 18.1 Å². The van der Waals surface area contributed by atoms with Crippen LogP contribution < -0.4 is 10.3 Å². The molecule has 1 aliphatic heterocycles. The van der Waals surface area contributed by atoms with Crippen LogP contribution in [0.2, 0.25) is 0 Å². The first-order valence-electron chi connectivity index (χ1n) is 9.52. The first kappa shape index (κ1) is 20.7. The van der Waals surface area contributed by atoms with Gasteiger partial charge >= 0.3 is 126 Å². The Morgan fingerprint density at radius 1 is 1.23 bits per heavy atom. The monoisotopic (exact) mass is 602 g/mol. The fourth-order valence-electron chi connectivity index (χ4n) is 3.33. The Balaban J connectivity index is 1.51. The number of fused-ring (bicyclic) bond motifs is 1. The molecule has 4 rings (SSSR count). The summed E-state index contributed by atoms with van der Waals surface area (Å²) in [5, 5.41) is 8.68. The number of imidazole rings is 1. The van der Waals surface area contributed by atoms with Crippen LogP contribution in [0.15, 0.2) is 41.6 Å². The Labute approximate surface area is 188 Å². The number of pyridine rings is 1. The standard InChI is InChI=1S/C20H20F2N6O.Tl/c1-2-16-19(27-11-14(21)4-6-18(27)26-16)20(29)24-10-13-3-5-17(15(22)9-13)28-8-7-23-12-25-28;/h3-6,9,11-12H,2,7-8,10H2,1H3,(H2,23,24,25,29);/q;+1/p-1. The molecule has 152 valence electrons. The van der Waals surface area contributed by atoms with E-state index in [2.05, 4.69) is 18.1 Å². The van der Waals surface area contributed by atoms with Gasteiger partial charge in [-0.1, -0.05) is 6.92 Å². The van der Waals surface area contributed by atoms with Crippen molar-refractivity contribution in [3.8, 4) is 0 Å². The first-order valence-corrected chi connectivity index (χ1v) is 11.5. The van der Waals surface area contributed by atoms with Crippen LogP contribution >= 0.6 is 0 Å². The van der Waals surface area contributed by atoms with Crippen molar-refractivity contribution in [1.29, 1.82) is 0 Å². The Hall–Kier alpha value is -2.57. The summed E-state index contributed by atoms with van der Waals surface area (Å²) in [5.41, 5.74) is 2.40. The van der Waals surface area contributed by atoms with Crippen molar-refractivity contribution in [3.63, 3.8) is 0 Å². The summed E-state index contributed by atoms with van der Waals surface area (Å²) in [6.45, 7) is 3.47. The Morgan fingerprint density at radius 2 is 2.07 bits per heavy atom. The molecule has 0 saturated carbocycles. The summed E-state index contributed by atoms with van der Waals surface area (Å²) in [6.07, 6.45) is 3.50. The van der Waals surface area contributed by atoms with Crippen LogP contribution in [0.1, 0.15) is 28.7 Å². The third-order valence-electron chi connectivity index (χ3n) is 4.86. The van der Waals surface area contributed by atoms with Crippen LogP contribution in [0.5, 0.6) is 0 Å². The van der Waals surface area contributed by atoms with Gasteiger partial charge in [0.05, 0.1) is 5.69 Å². The minimum atomic E-state index is -0.455. The topological polar surface area (TPSA) is 65.2 Å². The van der Waals surface area contributed by atoms with E-state index in [0.29, 0.717) is 67.3 Å². The average molecular weight is 602 g/mol. The van der Waals surface area contributed by atoms with E-state index >= 15 is 0 Å². The number of amides is 1. The molecule has 10 heteroatoms. The summed E-state index contributed by atoms with van der Waals surface area (Å²) < 4.78 is 31.8. The quantitative estimate of drug-likeness (QED) is 0.456. The molecule has 2 aromatic heterocycles. The molecule has 7 nitrogen and oxygen atoms in total. The number of aryl methyl sites for hydroxylation is 1. The molecule has 0 radical (unpaired) electrons. The molecule has 0 aliphatic carbocycles. The molecule has 3 heterocycles. The number of nitrogens with zero attached hydrogens (tertiary/aromatic N) is 5. The molecule has 0 atom stereocenters. The summed E-state index contributed by atoms with van der Waals surface area (Å²) in [7, 11) is 0. The predicted octanol–water partition coefficient (Wildman–Crippen LogP) is 2.25. The van der Waals surface area contributed by atoms with Crippen molar-refractivity contribution in [1.82, 2.24) is 17.4 Å². The molecule has 0 saturated heterocycles. The van der Waals surface area contributed by atoms with Crippen LogP contribution in [0.25, 0.3) is 5.65 Å². The van der Waals surface area contributed by atoms with Gasteiger partial charge in [0.1, 0.15) is 11.5 Å². The molecular weight excluding hydrogens is 583 g/mol. The molecule has 30 heavy (non-hydrogen) atoms. The number of hydrazone groups is 1. The van der Waals surface area contributed by atoms with Gasteiger partial charge in [-0.25, -0.2) is 9.37 Å². The average Bonchev–Trinajstić information content (AvgIpc) is 3.10. The number of benzene rings is 1. The van der Waals surface area contributed by atoms with E-state index < -0.39 is 11.6 Å². The molecule has 1 aliphatic rings. The number of rotatable bonds is 5. The zero-order chi connectivity index (χ0) is 21.3. The van der Waals surface area contributed by atoms with Gasteiger partial charge in [0.15, 0.2) is 0 Å². The summed E-state index contributed by atoms with van der Waals surface area (Å²) >= 11 is 0.675. The zero-order valence-corrected chi connectivity index (χ0v) is 20.8. The number of hydrogen-bond donors (Lipinski definition) is 1. The van der Waals surface area contributed by atoms with E-state index in [9.17, 15) is 13.6 Å². The van der Waals surface area contributed by atoms with Gasteiger partial charge in [-0.2, -0.15) is 0 Å². The van der Waals surface area contributed by atoms with Crippen LogP contribution in [-0.4, -0.2) is 63.5 Å². The number of anilines is 1. The molecular formula is C20H19F2N6OTl. The normalized spacial score (nSPS) is 13.8. The van der Waals surface area contributed by atoms with Crippen molar-refractivity contribution in [2.45, 2.75) is 19.9 Å². The van der Waals surface area contributed by atoms with Crippen molar-refractivity contribution in [3.05, 3.63) is 65.1 Å². The van der Waals surface area contributed by atoms with Gasteiger partial charge in [0.25, 0.3) is 0 Å². The number of halogens is 2. The van der Waals surface area contributed by atoms with Crippen LogP contribution in [0.3, 0.4) is 0 Å². The van der Waals surface area contributed by atoms with Crippen LogP contribution in [0.4, 0.5) is 14.5 Å². The van der Waals surface area contributed by atoms with Crippen LogP contribution in [-0.2, 0) is 13.0 Å². The SMILES string of the molecule is CCc1nc2ccc(F)cn2c1C(=O)NCc1ccc(N2CC[N]([Tl])C=N2)c(F)c1. The molecule has 1 amide bonds. The van der Waals surface area contributed by atoms with Gasteiger partial charge < -0.3 is 0 Å². The molecule has 0 unspecified atom stereocenters. The number of aromatic nitrogens is 2. The van der Waals surface area contributed by atoms with Crippen molar-refractivity contribution < 1.29 is 13.6 Å². The summed E-state index contributed by atoms with van der Waals surface area (Å²) in [4.78, 5) is 17.2. The maximum absolute atomic E-state index is 14.6. The molecule has 3 aromatic rings. The second-order valence-corrected chi connectivity index (χ2v) is 9.48. The summed E-state index contributed by atoms with van der Waals surface area (Å²) in [5.74, 6) is -1.24. The second kappa shape index (κ2) is 8.66. The fraction of sp³-hybridized carbons (Fsp3) is 0.250. The van der Waals surface area contributed by atoms with E-state index in [1.807, 2.05) is 6.92 Å². The van der Waals surface area contributed by atoms with Crippen LogP contribution in [0, 0.1) is 11.6 Å². The van der Waals surface area contributed by atoms with E-state index in [4.69, 9.17) is 0 Å². The molecule has 1 N–H and O–H groups in total. The molecule has 1 aromatic carbocycles. The predicted molar refractivity (Wildman–Crippen MR) is 110 cm³/mol. The number of carbonyl (C=O) groups excluding carboxylic acids is 1. The van der Waals surface area contributed by atoms with E-state index in [-0.39, 0.29) is 12.5 Å². The maximum atomic E-state index is 14.6. The minimum absolute atomic E-state index is 0.139. The first-order chi connectivity index (χ1) is 14.5. The Morgan fingerprint density at radius 3 is 2.77 bits per heavy atom. The zero-order valence-electron chi connectivity index (χ0n) is 16.3. The third kappa shape index (κ3) is 4.16. The number of hydrogen-bond acceptors (Lipinski definition) is 5. The van der Waals surface area contributed by atoms with E-state index in [1.54, 1.807) is 23.5 Å². The van der Waals surface area contributed by atoms with Gasteiger partial charge in [0.2, 0.25) is 0 Å². The van der Waals surface area contributed by atoms with Gasteiger partial charge in [0, 0.05) is 6.20 Å². The Kier molecular flexibility index (Phi) is 5.97. The fourth-order valence-corrected chi connectivity index (χ4v) is 4.01. The molecule has 0 bridgehead atoms. The third-order valence-corrected chi connectivity index (χ3v) is 6.38. The van der Waals surface area contributed by atoms with Crippen molar-refractivity contribution in [2.24, 2.45) is 5.10 Å².